The summed E-state index contributed by atoms with van der Waals surface area (Å²) in [7, 11) is 1.80. The van der Waals surface area contributed by atoms with Crippen molar-refractivity contribution in [3.63, 3.8) is 0 Å². The molecule has 7 heteroatoms. The van der Waals surface area contributed by atoms with E-state index in [1.165, 1.54) is 18.1 Å². The van der Waals surface area contributed by atoms with Crippen molar-refractivity contribution >= 4 is 41.5 Å². The molecule has 0 aromatic heterocycles. The molecule has 6 nitrogen and oxygen atoms in total. The fourth-order valence-corrected chi connectivity index (χ4v) is 3.49. The molecule has 0 aliphatic rings. The maximum absolute atomic E-state index is 11.1. The summed E-state index contributed by atoms with van der Waals surface area (Å²) in [6.45, 7) is 9.47. The van der Waals surface area contributed by atoms with Crippen LogP contribution in [0.25, 0.3) is 0 Å². The summed E-state index contributed by atoms with van der Waals surface area (Å²) in [5, 5.41) is 9.67. The minimum absolute atomic E-state index is 0. The van der Waals surface area contributed by atoms with Crippen LogP contribution in [0.2, 0.25) is 0 Å². The Morgan fingerprint density at radius 1 is 1.00 bits per heavy atom. The van der Waals surface area contributed by atoms with E-state index in [2.05, 4.69) is 70.0 Å². The van der Waals surface area contributed by atoms with Crippen molar-refractivity contribution in [2.75, 3.05) is 38.5 Å². The molecule has 170 valence electrons. The van der Waals surface area contributed by atoms with Gasteiger partial charge in [-0.1, -0.05) is 56.3 Å². The van der Waals surface area contributed by atoms with Gasteiger partial charge in [-0.25, -0.2) is 0 Å². The lowest BCUT2D eigenvalue weighted by atomic mass is 10.1. The van der Waals surface area contributed by atoms with Crippen molar-refractivity contribution in [2.24, 2.45) is 4.99 Å². The van der Waals surface area contributed by atoms with E-state index >= 15 is 0 Å². The molecule has 0 radical (unpaired) electrons. The Balaban J connectivity index is 0.00000480. The van der Waals surface area contributed by atoms with Crippen LogP contribution < -0.4 is 16.0 Å². The predicted molar refractivity (Wildman–Crippen MR) is 141 cm³/mol. The van der Waals surface area contributed by atoms with Gasteiger partial charge < -0.3 is 16.0 Å². The van der Waals surface area contributed by atoms with Crippen LogP contribution in [0.4, 0.5) is 5.69 Å². The van der Waals surface area contributed by atoms with Gasteiger partial charge >= 0.3 is 0 Å². The lowest BCUT2D eigenvalue weighted by Crippen LogP contribution is -2.43. The smallest absolute Gasteiger partial charge is 0.221 e. The minimum Gasteiger partial charge on any atom is -0.356 e. The van der Waals surface area contributed by atoms with Crippen LogP contribution in [0.3, 0.4) is 0 Å². The van der Waals surface area contributed by atoms with Crippen LogP contribution in [0.5, 0.6) is 0 Å². The summed E-state index contributed by atoms with van der Waals surface area (Å²) in [5.41, 5.74) is 3.33. The van der Waals surface area contributed by atoms with Gasteiger partial charge in [0.25, 0.3) is 0 Å². The molecule has 3 N–H and O–H groups in total. The van der Waals surface area contributed by atoms with Crippen LogP contribution >= 0.6 is 24.0 Å². The van der Waals surface area contributed by atoms with Crippen molar-refractivity contribution in [1.29, 1.82) is 0 Å². The van der Waals surface area contributed by atoms with E-state index in [0.29, 0.717) is 6.04 Å². The Morgan fingerprint density at radius 3 is 2.19 bits per heavy atom. The van der Waals surface area contributed by atoms with Gasteiger partial charge in [-0.15, -0.1) is 24.0 Å². The Hall–Kier alpha value is -2.13. The molecule has 2 aromatic rings. The van der Waals surface area contributed by atoms with Gasteiger partial charge in [-0.3, -0.25) is 14.7 Å². The molecule has 0 fully saturated rings. The monoisotopic (exact) mass is 537 g/mol. The van der Waals surface area contributed by atoms with Gasteiger partial charge in [0.2, 0.25) is 5.91 Å². The molecular formula is C24H36IN5O. The molecule has 0 bridgehead atoms. The highest BCUT2D eigenvalue weighted by Crippen LogP contribution is 2.19. The van der Waals surface area contributed by atoms with E-state index < -0.39 is 0 Å². The third-order valence-electron chi connectivity index (χ3n) is 5.10. The van der Waals surface area contributed by atoms with Gasteiger partial charge in [-0.2, -0.15) is 0 Å². The van der Waals surface area contributed by atoms with E-state index in [1.54, 1.807) is 7.05 Å². The first-order valence-electron chi connectivity index (χ1n) is 10.7. The van der Waals surface area contributed by atoms with Crippen molar-refractivity contribution in [1.82, 2.24) is 15.5 Å². The third-order valence-corrected chi connectivity index (χ3v) is 5.10. The van der Waals surface area contributed by atoms with E-state index in [1.807, 2.05) is 24.3 Å². The van der Waals surface area contributed by atoms with E-state index in [9.17, 15) is 4.79 Å². The number of carbonyl (C=O) groups is 1. The summed E-state index contributed by atoms with van der Waals surface area (Å²) >= 11 is 0. The standard InChI is InChI=1S/C24H35N5O.HI/c1-5-29(6-2)23(21-10-8-7-9-11-21)18-27-24(25-4)26-17-16-20-12-14-22(15-13-20)28-19(3)30;/h7-15,23H,5-6,16-18H2,1-4H3,(H,28,30)(H2,25,26,27);1H. The number of nitrogens with one attached hydrogen (secondary N) is 3. The molecule has 2 rings (SSSR count). The van der Waals surface area contributed by atoms with Crippen LogP contribution in [-0.4, -0.2) is 50.0 Å². The Morgan fingerprint density at radius 2 is 1.65 bits per heavy atom. The fourth-order valence-electron chi connectivity index (χ4n) is 3.49. The third kappa shape index (κ3) is 9.26. The van der Waals surface area contributed by atoms with Crippen molar-refractivity contribution in [3.8, 4) is 0 Å². The fraction of sp³-hybridized carbons (Fsp3) is 0.417. The molecule has 0 heterocycles. The van der Waals surface area contributed by atoms with Gasteiger partial charge in [0.1, 0.15) is 0 Å². The first-order chi connectivity index (χ1) is 14.6. The van der Waals surface area contributed by atoms with Crippen molar-refractivity contribution in [2.45, 2.75) is 33.2 Å². The van der Waals surface area contributed by atoms with Crippen molar-refractivity contribution < 1.29 is 4.79 Å². The number of hydrogen-bond donors (Lipinski definition) is 3. The number of rotatable bonds is 10. The Labute approximate surface area is 203 Å². The molecule has 0 spiro atoms. The van der Waals surface area contributed by atoms with E-state index in [4.69, 9.17) is 0 Å². The lowest BCUT2D eigenvalue weighted by Gasteiger charge is -2.30. The average molecular weight is 537 g/mol. The number of benzene rings is 2. The topological polar surface area (TPSA) is 68.8 Å². The van der Waals surface area contributed by atoms with E-state index in [-0.39, 0.29) is 29.9 Å². The second-order valence-corrected chi connectivity index (χ2v) is 7.16. The van der Waals surface area contributed by atoms with Gasteiger partial charge in [-0.05, 0) is 42.8 Å². The van der Waals surface area contributed by atoms with Crippen LogP contribution in [0.1, 0.15) is 37.9 Å². The number of aliphatic imine (C=N–C) groups is 1. The zero-order valence-electron chi connectivity index (χ0n) is 19.0. The molecule has 1 atom stereocenters. The number of guanidine groups is 1. The molecule has 1 unspecified atom stereocenters. The lowest BCUT2D eigenvalue weighted by molar-refractivity contribution is -0.114. The largest absolute Gasteiger partial charge is 0.356 e. The number of nitrogens with zero attached hydrogens (tertiary/aromatic N) is 2. The highest BCUT2D eigenvalue weighted by molar-refractivity contribution is 14.0. The second kappa shape index (κ2) is 14.8. The highest BCUT2D eigenvalue weighted by Gasteiger charge is 2.18. The first-order valence-corrected chi connectivity index (χ1v) is 10.7. The summed E-state index contributed by atoms with van der Waals surface area (Å²) in [5.74, 6) is 0.746. The van der Waals surface area contributed by atoms with E-state index in [0.717, 1.165) is 44.2 Å². The maximum atomic E-state index is 11.1. The number of halogens is 1. The number of amides is 1. The molecule has 2 aromatic carbocycles. The Kier molecular flexibility index (Phi) is 12.8. The summed E-state index contributed by atoms with van der Waals surface area (Å²) in [4.78, 5) is 17.9. The summed E-state index contributed by atoms with van der Waals surface area (Å²) in [6.07, 6.45) is 0.874. The molecule has 0 aliphatic carbocycles. The van der Waals surface area contributed by atoms with Crippen LogP contribution in [0.15, 0.2) is 59.6 Å². The molecule has 1 amide bonds. The zero-order valence-corrected chi connectivity index (χ0v) is 21.4. The predicted octanol–water partition coefficient (Wildman–Crippen LogP) is 4.05. The molecule has 0 saturated carbocycles. The first kappa shape index (κ1) is 26.9. The van der Waals surface area contributed by atoms with Gasteiger partial charge in [0.15, 0.2) is 5.96 Å². The van der Waals surface area contributed by atoms with Crippen LogP contribution in [-0.2, 0) is 11.2 Å². The Bertz CT molecular complexity index is 791. The molecular weight excluding hydrogens is 501 g/mol. The normalized spacial score (nSPS) is 12.1. The number of anilines is 1. The molecule has 0 aliphatic heterocycles. The molecule has 31 heavy (non-hydrogen) atoms. The van der Waals surface area contributed by atoms with Gasteiger partial charge in [0, 0.05) is 32.7 Å². The van der Waals surface area contributed by atoms with Crippen molar-refractivity contribution in [3.05, 3.63) is 65.7 Å². The number of hydrogen-bond acceptors (Lipinski definition) is 3. The zero-order chi connectivity index (χ0) is 21.8. The highest BCUT2D eigenvalue weighted by atomic mass is 127. The summed E-state index contributed by atoms with van der Waals surface area (Å²) < 4.78 is 0. The minimum atomic E-state index is -0.0576. The SMILES string of the molecule is CCN(CC)C(CNC(=NC)NCCc1ccc(NC(C)=O)cc1)c1ccccc1.I. The van der Waals surface area contributed by atoms with Crippen LogP contribution in [0, 0.1) is 0 Å². The second-order valence-electron chi connectivity index (χ2n) is 7.16. The van der Waals surface area contributed by atoms with Gasteiger partial charge in [0.05, 0.1) is 6.04 Å². The summed E-state index contributed by atoms with van der Waals surface area (Å²) in [6, 6.07) is 18.8. The average Bonchev–Trinajstić information content (AvgIpc) is 2.76. The maximum Gasteiger partial charge on any atom is 0.221 e. The molecule has 0 saturated heterocycles. The number of carbonyl (C=O) groups excluding carboxylic acids is 1. The number of likely N-dealkylation sites (N-methyl/N-ethyl adjacent to an activating group) is 1. The quantitative estimate of drug-likeness (QED) is 0.243.